The van der Waals surface area contributed by atoms with Gasteiger partial charge in [0.2, 0.25) is 0 Å². The second-order valence-electron chi connectivity index (χ2n) is 4.11. The molecule has 94 valence electrons. The number of hydrogen-bond acceptors (Lipinski definition) is 5. The summed E-state index contributed by atoms with van der Waals surface area (Å²) >= 11 is 0. The number of nitrogen functional groups attached to an aromatic ring is 1. The second-order valence-corrected chi connectivity index (χ2v) is 4.11. The topological polar surface area (TPSA) is 75.9 Å². The molecule has 0 amide bonds. The minimum Gasteiger partial charge on any atom is -0.363 e. The lowest BCUT2D eigenvalue weighted by molar-refractivity contribution is 0.867. The fourth-order valence-corrected chi connectivity index (χ4v) is 1.76. The first kappa shape index (κ1) is 12.3. The molecule has 0 aliphatic carbocycles. The number of anilines is 2. The first-order valence-electron chi connectivity index (χ1n) is 5.83. The Morgan fingerprint density at radius 1 is 1.11 bits per heavy atom. The van der Waals surface area contributed by atoms with Crippen LogP contribution in [0, 0.1) is 6.92 Å². The fourth-order valence-electron chi connectivity index (χ4n) is 1.76. The van der Waals surface area contributed by atoms with Crippen LogP contribution in [0.25, 0.3) is 0 Å². The maximum Gasteiger partial charge on any atom is 0.145 e. The lowest BCUT2D eigenvalue weighted by Crippen LogP contribution is -2.13. The van der Waals surface area contributed by atoms with Crippen LogP contribution in [0.4, 0.5) is 11.6 Å². The molecule has 1 atom stereocenters. The molecule has 0 fully saturated rings. The molecule has 0 spiro atoms. The molecule has 0 radical (unpaired) electrons. The van der Waals surface area contributed by atoms with Gasteiger partial charge in [0.15, 0.2) is 0 Å². The molecule has 1 aromatic heterocycles. The third kappa shape index (κ3) is 2.95. The molecule has 0 aliphatic heterocycles. The number of hydrogen-bond donors (Lipinski definition) is 3. The monoisotopic (exact) mass is 243 g/mol. The molecule has 18 heavy (non-hydrogen) atoms. The summed E-state index contributed by atoms with van der Waals surface area (Å²) in [6, 6.07) is 12.2. The summed E-state index contributed by atoms with van der Waals surface area (Å²) in [7, 11) is 0. The predicted molar refractivity (Wildman–Crippen MR) is 73.1 cm³/mol. The van der Waals surface area contributed by atoms with Gasteiger partial charge in [-0.3, -0.25) is 0 Å². The van der Waals surface area contributed by atoms with Crippen LogP contribution in [-0.2, 0) is 0 Å². The van der Waals surface area contributed by atoms with Crippen LogP contribution in [-0.4, -0.2) is 9.97 Å². The number of aryl methyl sites for hydroxylation is 1. The standard InChI is InChI=1S/C13H17N5/c1-9(11-6-4-3-5-7-11)15-12-8-13(18-14)17-10(2)16-12/h3-9H,14H2,1-2H3,(H2,15,16,17,18). The van der Waals surface area contributed by atoms with Gasteiger partial charge in [0.05, 0.1) is 0 Å². The van der Waals surface area contributed by atoms with Gasteiger partial charge >= 0.3 is 0 Å². The molecule has 2 aromatic rings. The fraction of sp³-hybridized carbons (Fsp3) is 0.231. The number of aromatic nitrogens is 2. The average Bonchev–Trinajstić information content (AvgIpc) is 2.39. The van der Waals surface area contributed by atoms with E-state index in [0.717, 1.165) is 5.82 Å². The highest BCUT2D eigenvalue weighted by molar-refractivity contribution is 5.48. The zero-order chi connectivity index (χ0) is 13.0. The van der Waals surface area contributed by atoms with Gasteiger partial charge in [0.1, 0.15) is 17.5 Å². The van der Waals surface area contributed by atoms with Crippen LogP contribution >= 0.6 is 0 Å². The first-order valence-corrected chi connectivity index (χ1v) is 5.83. The number of rotatable bonds is 4. The van der Waals surface area contributed by atoms with Gasteiger partial charge in [0, 0.05) is 12.1 Å². The van der Waals surface area contributed by atoms with Crippen LogP contribution in [0.15, 0.2) is 36.4 Å². The van der Waals surface area contributed by atoms with Crippen molar-refractivity contribution >= 4 is 11.6 Å². The molecule has 1 heterocycles. The number of nitrogens with one attached hydrogen (secondary N) is 2. The zero-order valence-corrected chi connectivity index (χ0v) is 10.5. The van der Waals surface area contributed by atoms with Crippen molar-refractivity contribution < 1.29 is 0 Å². The Hall–Kier alpha value is -2.14. The Morgan fingerprint density at radius 2 is 1.78 bits per heavy atom. The Balaban J connectivity index is 2.16. The van der Waals surface area contributed by atoms with Crippen molar-refractivity contribution in [1.82, 2.24) is 9.97 Å². The van der Waals surface area contributed by atoms with E-state index in [2.05, 4.69) is 39.8 Å². The average molecular weight is 243 g/mol. The summed E-state index contributed by atoms with van der Waals surface area (Å²) in [5.41, 5.74) is 3.73. The number of benzene rings is 1. The minimum atomic E-state index is 0.172. The molecule has 0 bridgehead atoms. The predicted octanol–water partition coefficient (Wildman–Crippen LogP) is 2.24. The van der Waals surface area contributed by atoms with E-state index in [4.69, 9.17) is 5.84 Å². The number of nitrogens with zero attached hydrogens (tertiary/aromatic N) is 2. The van der Waals surface area contributed by atoms with E-state index >= 15 is 0 Å². The quantitative estimate of drug-likeness (QED) is 0.567. The lowest BCUT2D eigenvalue weighted by atomic mass is 10.1. The van der Waals surface area contributed by atoms with Crippen molar-refractivity contribution in [2.24, 2.45) is 5.84 Å². The summed E-state index contributed by atoms with van der Waals surface area (Å²) < 4.78 is 0. The summed E-state index contributed by atoms with van der Waals surface area (Å²) in [6.45, 7) is 3.92. The summed E-state index contributed by atoms with van der Waals surface area (Å²) in [5, 5.41) is 3.33. The number of nitrogens with two attached hydrogens (primary N) is 1. The highest BCUT2D eigenvalue weighted by atomic mass is 15.3. The molecule has 1 unspecified atom stereocenters. The van der Waals surface area contributed by atoms with E-state index in [9.17, 15) is 0 Å². The van der Waals surface area contributed by atoms with Crippen molar-refractivity contribution in [3.05, 3.63) is 47.8 Å². The second kappa shape index (κ2) is 5.46. The Labute approximate surface area is 106 Å². The van der Waals surface area contributed by atoms with Gasteiger partial charge in [-0.1, -0.05) is 30.3 Å². The van der Waals surface area contributed by atoms with E-state index in [0.29, 0.717) is 11.6 Å². The van der Waals surface area contributed by atoms with Crippen molar-refractivity contribution in [2.45, 2.75) is 19.9 Å². The van der Waals surface area contributed by atoms with Crippen LogP contribution < -0.4 is 16.6 Å². The SMILES string of the molecule is Cc1nc(NN)cc(NC(C)c2ccccc2)n1. The van der Waals surface area contributed by atoms with Crippen molar-refractivity contribution in [2.75, 3.05) is 10.7 Å². The maximum absolute atomic E-state index is 5.36. The van der Waals surface area contributed by atoms with Crippen LogP contribution in [0.5, 0.6) is 0 Å². The van der Waals surface area contributed by atoms with E-state index < -0.39 is 0 Å². The lowest BCUT2D eigenvalue weighted by Gasteiger charge is -2.15. The van der Waals surface area contributed by atoms with Crippen LogP contribution in [0.2, 0.25) is 0 Å². The maximum atomic E-state index is 5.36. The van der Waals surface area contributed by atoms with Gasteiger partial charge < -0.3 is 10.7 Å². The van der Waals surface area contributed by atoms with Gasteiger partial charge in [-0.05, 0) is 19.4 Å². The minimum absolute atomic E-state index is 0.172. The van der Waals surface area contributed by atoms with Gasteiger partial charge in [-0.2, -0.15) is 0 Å². The molecular formula is C13H17N5. The molecule has 1 aromatic carbocycles. The molecule has 0 saturated heterocycles. The summed E-state index contributed by atoms with van der Waals surface area (Å²) in [4.78, 5) is 8.47. The van der Waals surface area contributed by atoms with Crippen LogP contribution in [0.3, 0.4) is 0 Å². The highest BCUT2D eigenvalue weighted by Crippen LogP contribution is 2.18. The van der Waals surface area contributed by atoms with Crippen molar-refractivity contribution in [3.63, 3.8) is 0 Å². The molecule has 5 nitrogen and oxygen atoms in total. The van der Waals surface area contributed by atoms with E-state index in [1.807, 2.05) is 25.1 Å². The largest absolute Gasteiger partial charge is 0.363 e. The van der Waals surface area contributed by atoms with Crippen molar-refractivity contribution in [1.29, 1.82) is 0 Å². The normalized spacial score (nSPS) is 11.9. The van der Waals surface area contributed by atoms with E-state index in [-0.39, 0.29) is 6.04 Å². The van der Waals surface area contributed by atoms with Gasteiger partial charge in [-0.25, -0.2) is 15.8 Å². The summed E-state index contributed by atoms with van der Waals surface area (Å²) in [5.74, 6) is 7.39. The van der Waals surface area contributed by atoms with Gasteiger partial charge in [-0.15, -0.1) is 0 Å². The third-order valence-electron chi connectivity index (χ3n) is 2.65. The molecular weight excluding hydrogens is 226 g/mol. The zero-order valence-electron chi connectivity index (χ0n) is 10.5. The van der Waals surface area contributed by atoms with E-state index in [1.54, 1.807) is 6.07 Å². The third-order valence-corrected chi connectivity index (χ3v) is 2.65. The molecule has 0 saturated carbocycles. The molecule has 2 rings (SSSR count). The van der Waals surface area contributed by atoms with Crippen LogP contribution in [0.1, 0.15) is 24.4 Å². The van der Waals surface area contributed by atoms with E-state index in [1.165, 1.54) is 5.56 Å². The molecule has 5 heteroatoms. The van der Waals surface area contributed by atoms with Gasteiger partial charge in [0.25, 0.3) is 0 Å². The van der Waals surface area contributed by atoms with Crippen molar-refractivity contribution in [3.8, 4) is 0 Å². The smallest absolute Gasteiger partial charge is 0.145 e. The Kier molecular flexibility index (Phi) is 3.74. The molecule has 4 N–H and O–H groups in total. The summed E-state index contributed by atoms with van der Waals surface area (Å²) in [6.07, 6.45) is 0. The first-order chi connectivity index (χ1) is 8.69. The highest BCUT2D eigenvalue weighted by Gasteiger charge is 2.07. The number of hydrazine groups is 1. The molecule has 0 aliphatic rings. The Bertz CT molecular complexity index is 512. The Morgan fingerprint density at radius 3 is 2.44 bits per heavy atom.